The van der Waals surface area contributed by atoms with E-state index in [0.29, 0.717) is 0 Å². The van der Waals surface area contributed by atoms with Gasteiger partial charge < -0.3 is 99.2 Å². The van der Waals surface area contributed by atoms with E-state index in [4.69, 9.17) is 37.9 Å². The number of rotatable bonds is 13. The first-order chi connectivity index (χ1) is 21.7. The van der Waals surface area contributed by atoms with Crippen LogP contribution in [-0.2, 0) is 42.7 Å². The van der Waals surface area contributed by atoms with Crippen molar-refractivity contribution in [3.8, 4) is 0 Å². The van der Waals surface area contributed by atoms with E-state index < -0.39 is 149 Å². The first-order valence-electron chi connectivity index (χ1n) is 14.4. The molecule has 46 heavy (non-hydrogen) atoms. The minimum Gasteiger partial charge on any atom is -0.477 e. The molecule has 0 aliphatic carbocycles. The van der Waals surface area contributed by atoms with Crippen LogP contribution in [0.1, 0.15) is 6.92 Å². The van der Waals surface area contributed by atoms with Crippen LogP contribution in [0.15, 0.2) is 0 Å². The fourth-order valence-electron chi connectivity index (χ4n) is 5.49. The predicted molar refractivity (Wildman–Crippen MR) is 138 cm³/mol. The molecule has 21 heteroatoms. The second kappa shape index (κ2) is 15.5. The molecule has 12 N–H and O–H groups in total. The average Bonchev–Trinajstić information content (AvgIpc) is 3.42. The molecule has 0 amide bonds. The molecule has 0 saturated carbocycles. The quantitative estimate of drug-likeness (QED) is 0.0860. The second-order valence-corrected chi connectivity index (χ2v) is 11.4. The van der Waals surface area contributed by atoms with Gasteiger partial charge in [-0.25, -0.2) is 4.79 Å². The largest absolute Gasteiger partial charge is 0.477 e. The molecule has 4 rings (SSSR count). The summed E-state index contributed by atoms with van der Waals surface area (Å²) in [6.07, 6.45) is -28.3. The minimum atomic E-state index is -2.19. The summed E-state index contributed by atoms with van der Waals surface area (Å²) in [5, 5.41) is 121. The van der Waals surface area contributed by atoms with Gasteiger partial charge in [-0.05, 0) is 0 Å². The summed E-state index contributed by atoms with van der Waals surface area (Å²) in [6.45, 7) is -2.88. The second-order valence-electron chi connectivity index (χ2n) is 11.4. The van der Waals surface area contributed by atoms with Gasteiger partial charge in [-0.1, -0.05) is 0 Å². The van der Waals surface area contributed by atoms with E-state index in [1.807, 2.05) is 0 Å². The average molecular weight is 679 g/mol. The Morgan fingerprint density at radius 1 is 0.717 bits per heavy atom. The van der Waals surface area contributed by atoms with Gasteiger partial charge in [0.1, 0.15) is 85.5 Å². The highest BCUT2D eigenvalue weighted by atomic mass is 16.8. The Morgan fingerprint density at radius 3 is 1.89 bits per heavy atom. The molecule has 18 atom stereocenters. The van der Waals surface area contributed by atoms with Gasteiger partial charge in [0.15, 0.2) is 18.9 Å². The molecule has 4 heterocycles. The Labute approximate surface area is 260 Å². The third-order valence-corrected chi connectivity index (χ3v) is 8.22. The number of fused-ring (bicyclic) bond motifs is 1. The zero-order valence-electron chi connectivity index (χ0n) is 24.4. The summed E-state index contributed by atoms with van der Waals surface area (Å²) in [6, 6.07) is 0. The van der Waals surface area contributed by atoms with Crippen molar-refractivity contribution in [3.63, 3.8) is 0 Å². The van der Waals surface area contributed by atoms with Gasteiger partial charge in [0.25, 0.3) is 5.79 Å². The Morgan fingerprint density at radius 2 is 1.30 bits per heavy atom. The molecule has 0 aromatic heterocycles. The Hall–Kier alpha value is -1.29. The van der Waals surface area contributed by atoms with Crippen LogP contribution in [0.5, 0.6) is 0 Å². The third kappa shape index (κ3) is 7.47. The number of carbonyl (C=O) groups is 1. The summed E-state index contributed by atoms with van der Waals surface area (Å²) in [4.78, 5) is 11.7. The number of hydrogen-bond acceptors (Lipinski definition) is 20. The summed E-state index contributed by atoms with van der Waals surface area (Å²) >= 11 is 0. The van der Waals surface area contributed by atoms with Crippen LogP contribution >= 0.6 is 0 Å². The van der Waals surface area contributed by atoms with E-state index in [2.05, 4.69) is 0 Å². The molecule has 0 aromatic carbocycles. The molecular weight excluding hydrogens is 636 g/mol. The van der Waals surface area contributed by atoms with E-state index in [0.717, 1.165) is 6.92 Å². The van der Waals surface area contributed by atoms with Gasteiger partial charge in [-0.2, -0.15) is 0 Å². The number of carboxylic acids is 1. The lowest BCUT2D eigenvalue weighted by atomic mass is 9.96. The highest BCUT2D eigenvalue weighted by Crippen LogP contribution is 2.39. The van der Waals surface area contributed by atoms with Crippen molar-refractivity contribution < 1.29 is 104 Å². The molecule has 21 nitrogen and oxygen atoms in total. The summed E-state index contributed by atoms with van der Waals surface area (Å²) in [5.74, 6) is -3.70. The zero-order valence-corrected chi connectivity index (χ0v) is 24.4. The van der Waals surface area contributed by atoms with Crippen molar-refractivity contribution in [3.05, 3.63) is 0 Å². The van der Waals surface area contributed by atoms with Crippen LogP contribution < -0.4 is 0 Å². The summed E-state index contributed by atoms with van der Waals surface area (Å²) < 4.78 is 44.1. The molecule has 4 aliphatic rings. The normalized spacial score (nSPS) is 47.7. The number of ether oxygens (including phenoxy) is 8. The number of carboxylic acid groups (broad SMARTS) is 1. The SMILES string of the molecule is C[C@@]1(C(=O)O)O[C@@H]2[C@@H](O)[C@H](OC[C@H]3O[C@@H](O[C@@H](CO)[C@H](O)CO)[C@@H](O)[C@@H](O)[C@@H]3O[C@@H]3O[C@H](CO)[C@@H](O)[C@H](O)[C@H]3O)O[C@H](CO)[C@@H]2O1. The van der Waals surface area contributed by atoms with Crippen molar-refractivity contribution in [2.45, 2.75) is 117 Å². The van der Waals surface area contributed by atoms with E-state index in [1.165, 1.54) is 0 Å². The van der Waals surface area contributed by atoms with Gasteiger partial charge in [0, 0.05) is 6.92 Å². The predicted octanol–water partition coefficient (Wildman–Crippen LogP) is -7.97. The molecule has 268 valence electrons. The van der Waals surface area contributed by atoms with Crippen LogP contribution in [0.25, 0.3) is 0 Å². The maximum absolute atomic E-state index is 11.7. The number of aliphatic hydroxyl groups is 11. The molecule has 4 aliphatic heterocycles. The van der Waals surface area contributed by atoms with Gasteiger partial charge in [-0.3, -0.25) is 0 Å². The molecule has 0 bridgehead atoms. The van der Waals surface area contributed by atoms with Crippen LogP contribution in [0.3, 0.4) is 0 Å². The summed E-state index contributed by atoms with van der Waals surface area (Å²) in [7, 11) is 0. The van der Waals surface area contributed by atoms with E-state index in [1.54, 1.807) is 0 Å². The lowest BCUT2D eigenvalue weighted by Crippen LogP contribution is -2.65. The van der Waals surface area contributed by atoms with Crippen LogP contribution in [0.2, 0.25) is 0 Å². The van der Waals surface area contributed by atoms with Crippen molar-refractivity contribution in [1.82, 2.24) is 0 Å². The van der Waals surface area contributed by atoms with Gasteiger partial charge in [0.05, 0.1) is 33.0 Å². The molecule has 0 aromatic rings. The van der Waals surface area contributed by atoms with Crippen LogP contribution in [-0.4, -0.2) is 210 Å². The van der Waals surface area contributed by atoms with E-state index in [9.17, 15) is 66.1 Å². The minimum absolute atomic E-state index is 0.716. The van der Waals surface area contributed by atoms with Crippen molar-refractivity contribution in [2.24, 2.45) is 0 Å². The maximum atomic E-state index is 11.7. The van der Waals surface area contributed by atoms with Gasteiger partial charge in [-0.15, -0.1) is 0 Å². The Kier molecular flexibility index (Phi) is 12.6. The molecule has 0 unspecified atom stereocenters. The number of aliphatic hydroxyl groups excluding tert-OH is 11. The highest BCUT2D eigenvalue weighted by molar-refractivity contribution is 5.75. The molecule has 0 radical (unpaired) electrons. The van der Waals surface area contributed by atoms with Crippen molar-refractivity contribution in [2.75, 3.05) is 33.0 Å². The monoisotopic (exact) mass is 678 g/mol. The molecular formula is C25H42O21. The number of aliphatic carboxylic acids is 1. The van der Waals surface area contributed by atoms with Crippen molar-refractivity contribution >= 4 is 5.97 Å². The van der Waals surface area contributed by atoms with Gasteiger partial charge >= 0.3 is 5.97 Å². The lowest BCUT2D eigenvalue weighted by molar-refractivity contribution is -0.371. The number of hydrogen-bond donors (Lipinski definition) is 12. The van der Waals surface area contributed by atoms with E-state index in [-0.39, 0.29) is 0 Å². The zero-order chi connectivity index (χ0) is 34.1. The lowest BCUT2D eigenvalue weighted by Gasteiger charge is -2.47. The summed E-state index contributed by atoms with van der Waals surface area (Å²) in [5.41, 5.74) is 0. The van der Waals surface area contributed by atoms with Crippen LogP contribution in [0, 0.1) is 0 Å². The third-order valence-electron chi connectivity index (χ3n) is 8.22. The Bertz CT molecular complexity index is 989. The maximum Gasteiger partial charge on any atom is 0.364 e. The fourth-order valence-corrected chi connectivity index (χ4v) is 5.49. The van der Waals surface area contributed by atoms with Crippen molar-refractivity contribution in [1.29, 1.82) is 0 Å². The first-order valence-corrected chi connectivity index (χ1v) is 14.4. The smallest absolute Gasteiger partial charge is 0.364 e. The molecule has 4 fully saturated rings. The van der Waals surface area contributed by atoms with E-state index >= 15 is 0 Å². The fraction of sp³-hybridized carbons (Fsp3) is 0.960. The topological polar surface area (TPSA) is 334 Å². The molecule has 0 spiro atoms. The van der Waals surface area contributed by atoms with Crippen LogP contribution in [0.4, 0.5) is 0 Å². The standard InChI is InChI=1S/C25H42O21/c1-25(24(37)38)45-19-10(5-29)42-21(17(36)20(19)46-25)39-6-11-18(44-23-15(34)13(32)12(31)9(4-28)41-23)14(33)16(35)22(43-11)40-8(3-27)7(30)2-26/h7-23,26-36H,2-6H2,1H3,(H,37,38)/t7-,8+,9-,10-,11-,12-,13+,14-,15-,16+,17-,18-,19+,20-,21-,22-,23+,25+/m1/s1. The van der Waals surface area contributed by atoms with Gasteiger partial charge in [0.2, 0.25) is 0 Å². The molecule has 4 saturated heterocycles. The Balaban J connectivity index is 1.55. The highest BCUT2D eigenvalue weighted by Gasteiger charge is 2.60. The first kappa shape index (κ1) is 37.5.